The fourth-order valence-corrected chi connectivity index (χ4v) is 1.77. The summed E-state index contributed by atoms with van der Waals surface area (Å²) in [6, 6.07) is 0. The lowest BCUT2D eigenvalue weighted by Gasteiger charge is -2.06. The third-order valence-corrected chi connectivity index (χ3v) is 3.04. The summed E-state index contributed by atoms with van der Waals surface area (Å²) < 4.78 is 23.7. The van der Waals surface area contributed by atoms with Gasteiger partial charge in [-0.3, -0.25) is 0 Å². The first-order chi connectivity index (χ1) is 7.03. The summed E-state index contributed by atoms with van der Waals surface area (Å²) in [4.78, 5) is 4.03. The van der Waals surface area contributed by atoms with Crippen molar-refractivity contribution in [3.05, 3.63) is 18.2 Å². The van der Waals surface area contributed by atoms with Crippen LogP contribution < -0.4 is 5.32 Å². The minimum absolute atomic E-state index is 0.174. The van der Waals surface area contributed by atoms with Crippen LogP contribution in [-0.2, 0) is 22.9 Å². The third-order valence-electron chi connectivity index (χ3n) is 2.09. The molecule has 0 unspecified atom stereocenters. The van der Waals surface area contributed by atoms with E-state index in [1.54, 1.807) is 12.5 Å². The molecule has 0 aromatic carbocycles. The van der Waals surface area contributed by atoms with Gasteiger partial charge in [-0.05, 0) is 6.92 Å². The molecule has 1 N–H and O–H groups in total. The molecular formula is C9H17N3O2S. The second-order valence-corrected chi connectivity index (χ2v) is 5.74. The second-order valence-electron chi connectivity index (χ2n) is 3.48. The van der Waals surface area contributed by atoms with Gasteiger partial charge in [-0.25, -0.2) is 13.4 Å². The largest absolute Gasteiger partial charge is 0.334 e. The van der Waals surface area contributed by atoms with Gasteiger partial charge in [0.25, 0.3) is 0 Å². The fourth-order valence-electron chi connectivity index (χ4n) is 1.25. The van der Waals surface area contributed by atoms with Gasteiger partial charge >= 0.3 is 0 Å². The van der Waals surface area contributed by atoms with Gasteiger partial charge in [0, 0.05) is 32.1 Å². The summed E-state index contributed by atoms with van der Waals surface area (Å²) in [7, 11) is -2.87. The quantitative estimate of drug-likeness (QED) is 0.702. The molecule has 0 aliphatic carbocycles. The first kappa shape index (κ1) is 12.2. The van der Waals surface area contributed by atoms with Gasteiger partial charge in [0.2, 0.25) is 0 Å². The Kier molecular flexibility index (Phi) is 4.28. The van der Waals surface area contributed by atoms with Crippen LogP contribution in [0.25, 0.3) is 0 Å². The Hall–Kier alpha value is -0.880. The van der Waals surface area contributed by atoms with Crippen molar-refractivity contribution in [3.8, 4) is 0 Å². The van der Waals surface area contributed by atoms with Crippen molar-refractivity contribution in [2.24, 2.45) is 0 Å². The van der Waals surface area contributed by atoms with Crippen LogP contribution in [0.5, 0.6) is 0 Å². The van der Waals surface area contributed by atoms with Gasteiger partial charge in [0.05, 0.1) is 17.8 Å². The Balaban J connectivity index is 2.32. The summed E-state index contributed by atoms with van der Waals surface area (Å²) in [6.07, 6.45) is 4.80. The van der Waals surface area contributed by atoms with Gasteiger partial charge in [-0.1, -0.05) is 0 Å². The topological polar surface area (TPSA) is 64.0 Å². The first-order valence-corrected chi connectivity index (χ1v) is 6.96. The standard InChI is InChI=1S/C9H17N3O2S/c1-3-12-8-11-7-9(12)6-10-4-5-15(2,13)14/h7-8,10H,3-6H2,1-2H3. The molecular weight excluding hydrogens is 214 g/mol. The van der Waals surface area contributed by atoms with Gasteiger partial charge in [0.15, 0.2) is 0 Å². The molecule has 1 rings (SSSR count). The molecule has 0 atom stereocenters. The van der Waals surface area contributed by atoms with Crippen molar-refractivity contribution >= 4 is 9.84 Å². The van der Waals surface area contributed by atoms with Crippen molar-refractivity contribution in [1.82, 2.24) is 14.9 Å². The number of rotatable bonds is 6. The second kappa shape index (κ2) is 5.27. The smallest absolute Gasteiger partial charge is 0.148 e. The van der Waals surface area contributed by atoms with Crippen LogP contribution in [0.15, 0.2) is 12.5 Å². The Morgan fingerprint density at radius 1 is 1.53 bits per heavy atom. The predicted molar refractivity (Wildman–Crippen MR) is 59.3 cm³/mol. The number of imidazole rings is 1. The number of hydrogen-bond donors (Lipinski definition) is 1. The van der Waals surface area contributed by atoms with Crippen LogP contribution in [0.3, 0.4) is 0 Å². The molecule has 1 aromatic heterocycles. The van der Waals surface area contributed by atoms with Crippen LogP contribution in [-0.4, -0.2) is 36.5 Å². The van der Waals surface area contributed by atoms with Crippen molar-refractivity contribution in [1.29, 1.82) is 0 Å². The van der Waals surface area contributed by atoms with Gasteiger partial charge in [-0.15, -0.1) is 0 Å². The van der Waals surface area contributed by atoms with Crippen molar-refractivity contribution in [2.45, 2.75) is 20.0 Å². The number of aromatic nitrogens is 2. The van der Waals surface area contributed by atoms with E-state index in [0.717, 1.165) is 12.2 Å². The number of sulfone groups is 1. The number of aryl methyl sites for hydroxylation is 1. The first-order valence-electron chi connectivity index (χ1n) is 4.90. The van der Waals surface area contributed by atoms with Crippen LogP contribution in [0.4, 0.5) is 0 Å². The highest BCUT2D eigenvalue weighted by atomic mass is 32.2. The SMILES string of the molecule is CCn1cncc1CNCCS(C)(=O)=O. The molecule has 1 aromatic rings. The van der Waals surface area contributed by atoms with Crippen LogP contribution >= 0.6 is 0 Å². The average Bonchev–Trinajstić information content (AvgIpc) is 2.58. The number of nitrogens with zero attached hydrogens (tertiary/aromatic N) is 2. The maximum atomic E-state index is 10.9. The van der Waals surface area contributed by atoms with Crippen molar-refractivity contribution in [3.63, 3.8) is 0 Å². The number of nitrogens with one attached hydrogen (secondary N) is 1. The molecule has 0 amide bonds. The Labute approximate surface area is 90.4 Å². The number of hydrogen-bond acceptors (Lipinski definition) is 4. The van der Waals surface area contributed by atoms with Crippen molar-refractivity contribution < 1.29 is 8.42 Å². The zero-order chi connectivity index (χ0) is 11.3. The monoisotopic (exact) mass is 231 g/mol. The van der Waals surface area contributed by atoms with Crippen molar-refractivity contribution in [2.75, 3.05) is 18.6 Å². The predicted octanol–water partition coefficient (Wildman–Crippen LogP) is 0.0372. The Morgan fingerprint density at radius 2 is 2.27 bits per heavy atom. The molecule has 0 fully saturated rings. The van der Waals surface area contributed by atoms with Crippen LogP contribution in [0.2, 0.25) is 0 Å². The molecule has 0 bridgehead atoms. The van der Waals surface area contributed by atoms with E-state index in [1.165, 1.54) is 6.26 Å². The maximum Gasteiger partial charge on any atom is 0.148 e. The third kappa shape index (κ3) is 4.44. The normalized spacial score (nSPS) is 11.9. The van der Waals surface area contributed by atoms with Gasteiger partial charge in [0.1, 0.15) is 9.84 Å². The summed E-state index contributed by atoms with van der Waals surface area (Å²) in [5.41, 5.74) is 1.08. The van der Waals surface area contributed by atoms with E-state index < -0.39 is 9.84 Å². The molecule has 0 saturated carbocycles. The van der Waals surface area contributed by atoms with E-state index in [0.29, 0.717) is 13.1 Å². The highest BCUT2D eigenvalue weighted by molar-refractivity contribution is 7.90. The molecule has 1 heterocycles. The molecule has 5 nitrogen and oxygen atoms in total. The van der Waals surface area contributed by atoms with Crippen LogP contribution in [0, 0.1) is 0 Å². The average molecular weight is 231 g/mol. The van der Waals surface area contributed by atoms with E-state index in [9.17, 15) is 8.42 Å². The Morgan fingerprint density at radius 3 is 2.87 bits per heavy atom. The van der Waals surface area contributed by atoms with E-state index in [2.05, 4.69) is 10.3 Å². The fraction of sp³-hybridized carbons (Fsp3) is 0.667. The maximum absolute atomic E-state index is 10.9. The lowest BCUT2D eigenvalue weighted by atomic mass is 10.4. The van der Waals surface area contributed by atoms with E-state index in [1.807, 2.05) is 11.5 Å². The lowest BCUT2D eigenvalue weighted by Crippen LogP contribution is -2.23. The minimum atomic E-state index is -2.87. The van der Waals surface area contributed by atoms with Crippen LogP contribution in [0.1, 0.15) is 12.6 Å². The summed E-state index contributed by atoms with van der Waals surface area (Å²) in [6.45, 7) is 4.06. The lowest BCUT2D eigenvalue weighted by molar-refractivity contribution is 0.593. The summed E-state index contributed by atoms with van der Waals surface area (Å²) in [5.74, 6) is 0.174. The molecule has 6 heteroatoms. The van der Waals surface area contributed by atoms with Gasteiger partial charge < -0.3 is 9.88 Å². The Bertz CT molecular complexity index is 397. The molecule has 86 valence electrons. The van der Waals surface area contributed by atoms with E-state index in [4.69, 9.17) is 0 Å². The molecule has 0 aliphatic rings. The summed E-state index contributed by atoms with van der Waals surface area (Å²) in [5, 5.41) is 3.08. The minimum Gasteiger partial charge on any atom is -0.334 e. The molecule has 0 spiro atoms. The zero-order valence-corrected chi connectivity index (χ0v) is 9.92. The zero-order valence-electron chi connectivity index (χ0n) is 9.10. The highest BCUT2D eigenvalue weighted by Gasteiger charge is 2.02. The molecule has 0 radical (unpaired) electrons. The highest BCUT2D eigenvalue weighted by Crippen LogP contribution is 1.97. The van der Waals surface area contributed by atoms with E-state index in [-0.39, 0.29) is 5.75 Å². The van der Waals surface area contributed by atoms with E-state index >= 15 is 0 Å². The van der Waals surface area contributed by atoms with Gasteiger partial charge in [-0.2, -0.15) is 0 Å². The molecule has 0 saturated heterocycles. The molecule has 15 heavy (non-hydrogen) atoms. The molecule has 0 aliphatic heterocycles. The summed E-state index contributed by atoms with van der Waals surface area (Å²) >= 11 is 0.